The summed E-state index contributed by atoms with van der Waals surface area (Å²) in [6, 6.07) is 0.454. The summed E-state index contributed by atoms with van der Waals surface area (Å²) in [5.41, 5.74) is -0.462. The largest absolute Gasteiger partial charge is 0.337 e. The van der Waals surface area contributed by atoms with Gasteiger partial charge in [-0.2, -0.15) is 0 Å². The van der Waals surface area contributed by atoms with Crippen LogP contribution in [0.2, 0.25) is 0 Å². The van der Waals surface area contributed by atoms with Crippen molar-refractivity contribution in [2.45, 2.75) is 53.6 Å². The van der Waals surface area contributed by atoms with Gasteiger partial charge in [0.15, 0.2) is 0 Å². The van der Waals surface area contributed by atoms with Gasteiger partial charge in [-0.3, -0.25) is 4.79 Å². The van der Waals surface area contributed by atoms with Gasteiger partial charge in [0.2, 0.25) is 5.91 Å². The molecule has 0 atom stereocenters. The van der Waals surface area contributed by atoms with E-state index in [1.807, 2.05) is 46.4 Å². The number of hydrogen-bond acceptors (Lipinski definition) is 1. The zero-order valence-corrected chi connectivity index (χ0v) is 10.9. The lowest BCUT2D eigenvalue weighted by molar-refractivity contribution is -0.143. The monoisotopic (exact) mass is 219 g/mol. The van der Waals surface area contributed by atoms with Crippen molar-refractivity contribution in [1.29, 1.82) is 0 Å². The van der Waals surface area contributed by atoms with Gasteiger partial charge in [-0.15, -0.1) is 11.6 Å². The first-order chi connectivity index (χ1) is 6.24. The quantitative estimate of drug-likeness (QED) is 0.666. The maximum absolute atomic E-state index is 12.1. The molecular formula is C11H22ClNO. The number of carbonyl (C=O) groups excluding carboxylic acids is 1. The fourth-order valence-corrected chi connectivity index (χ4v) is 1.59. The van der Waals surface area contributed by atoms with E-state index in [4.69, 9.17) is 11.6 Å². The van der Waals surface area contributed by atoms with Crippen LogP contribution in [0.25, 0.3) is 0 Å². The third-order valence-corrected chi connectivity index (χ3v) is 2.93. The van der Waals surface area contributed by atoms with Crippen LogP contribution in [-0.2, 0) is 4.79 Å². The molecule has 0 aliphatic rings. The maximum atomic E-state index is 12.1. The van der Waals surface area contributed by atoms with Gasteiger partial charge in [-0.05, 0) is 41.5 Å². The molecule has 3 heteroatoms. The van der Waals surface area contributed by atoms with E-state index in [1.165, 1.54) is 0 Å². The molecule has 0 spiro atoms. The molecule has 0 aromatic carbocycles. The Hall–Kier alpha value is -0.240. The van der Waals surface area contributed by atoms with Crippen molar-refractivity contribution in [1.82, 2.24) is 4.90 Å². The van der Waals surface area contributed by atoms with Crippen molar-refractivity contribution in [2.24, 2.45) is 5.41 Å². The minimum Gasteiger partial charge on any atom is -0.337 e. The van der Waals surface area contributed by atoms with E-state index in [9.17, 15) is 4.79 Å². The Balaban J connectivity index is 4.78. The summed E-state index contributed by atoms with van der Waals surface area (Å²) in [5, 5.41) is 0. The van der Waals surface area contributed by atoms with Gasteiger partial charge >= 0.3 is 0 Å². The summed E-state index contributed by atoms with van der Waals surface area (Å²) < 4.78 is 0. The van der Waals surface area contributed by atoms with Crippen molar-refractivity contribution >= 4 is 17.5 Å². The van der Waals surface area contributed by atoms with E-state index in [2.05, 4.69) is 0 Å². The molecule has 0 radical (unpaired) electrons. The molecule has 0 heterocycles. The van der Waals surface area contributed by atoms with Gasteiger partial charge in [0, 0.05) is 18.0 Å². The summed E-state index contributed by atoms with van der Waals surface area (Å²) in [6.07, 6.45) is 0. The molecule has 84 valence electrons. The predicted molar refractivity (Wildman–Crippen MR) is 61.6 cm³/mol. The first-order valence-electron chi connectivity index (χ1n) is 5.12. The first-order valence-corrected chi connectivity index (χ1v) is 5.66. The number of halogens is 1. The lowest BCUT2D eigenvalue weighted by Gasteiger charge is -2.36. The van der Waals surface area contributed by atoms with Gasteiger partial charge in [0.1, 0.15) is 0 Å². The Kier molecular flexibility index (Phi) is 4.93. The van der Waals surface area contributed by atoms with E-state index in [-0.39, 0.29) is 18.0 Å². The third kappa shape index (κ3) is 3.16. The van der Waals surface area contributed by atoms with Crippen LogP contribution in [0, 0.1) is 5.41 Å². The Morgan fingerprint density at radius 2 is 1.57 bits per heavy atom. The molecule has 0 aliphatic carbocycles. The Bertz CT molecular complexity index is 191. The second kappa shape index (κ2) is 5.01. The molecule has 0 aromatic rings. The van der Waals surface area contributed by atoms with Crippen molar-refractivity contribution < 1.29 is 4.79 Å². The summed E-state index contributed by atoms with van der Waals surface area (Å²) in [4.78, 5) is 14.0. The van der Waals surface area contributed by atoms with Crippen molar-refractivity contribution in [3.63, 3.8) is 0 Å². The van der Waals surface area contributed by atoms with Crippen LogP contribution in [0.1, 0.15) is 41.5 Å². The van der Waals surface area contributed by atoms with E-state index in [1.54, 1.807) is 0 Å². The zero-order valence-electron chi connectivity index (χ0n) is 10.1. The van der Waals surface area contributed by atoms with Crippen LogP contribution in [0.15, 0.2) is 0 Å². The van der Waals surface area contributed by atoms with Gasteiger partial charge in [-0.1, -0.05) is 0 Å². The molecule has 14 heavy (non-hydrogen) atoms. The summed E-state index contributed by atoms with van der Waals surface area (Å²) in [7, 11) is 0. The smallest absolute Gasteiger partial charge is 0.229 e. The van der Waals surface area contributed by atoms with E-state index in [0.29, 0.717) is 5.88 Å². The third-order valence-electron chi connectivity index (χ3n) is 2.26. The van der Waals surface area contributed by atoms with E-state index < -0.39 is 5.41 Å². The average molecular weight is 220 g/mol. The van der Waals surface area contributed by atoms with Crippen LogP contribution in [-0.4, -0.2) is 28.8 Å². The lowest BCUT2D eigenvalue weighted by atomic mass is 9.93. The Labute approximate surface area is 92.6 Å². The van der Waals surface area contributed by atoms with Crippen LogP contribution in [0.3, 0.4) is 0 Å². The predicted octanol–water partition coefficient (Wildman–Crippen LogP) is 2.90. The van der Waals surface area contributed by atoms with Gasteiger partial charge < -0.3 is 4.90 Å². The van der Waals surface area contributed by atoms with Crippen molar-refractivity contribution in [3.8, 4) is 0 Å². The van der Waals surface area contributed by atoms with Gasteiger partial charge in [0.05, 0.1) is 5.41 Å². The van der Waals surface area contributed by atoms with Gasteiger partial charge in [0.25, 0.3) is 0 Å². The fraction of sp³-hybridized carbons (Fsp3) is 0.909. The highest BCUT2D eigenvalue weighted by Crippen LogP contribution is 2.23. The molecule has 0 rings (SSSR count). The summed E-state index contributed by atoms with van der Waals surface area (Å²) >= 11 is 5.79. The molecule has 0 aliphatic heterocycles. The molecular weight excluding hydrogens is 198 g/mol. The van der Waals surface area contributed by atoms with E-state index in [0.717, 1.165) is 0 Å². The molecule has 0 saturated heterocycles. The Morgan fingerprint density at radius 3 is 1.79 bits per heavy atom. The standard InChI is InChI=1S/C11H22ClNO/c1-8(2)13(9(3)4)10(14)11(5,6)7-12/h8-9H,7H2,1-6H3. The zero-order chi connectivity index (χ0) is 11.5. The minimum absolute atomic E-state index is 0.137. The molecule has 0 fully saturated rings. The maximum Gasteiger partial charge on any atom is 0.229 e. The van der Waals surface area contributed by atoms with Crippen LogP contribution >= 0.6 is 11.6 Å². The SMILES string of the molecule is CC(C)N(C(=O)C(C)(C)CCl)C(C)C. The molecule has 0 unspecified atom stereocenters. The second-order valence-corrected chi connectivity index (χ2v) is 5.18. The highest BCUT2D eigenvalue weighted by atomic mass is 35.5. The molecule has 0 aromatic heterocycles. The number of amides is 1. The number of hydrogen-bond donors (Lipinski definition) is 0. The molecule has 0 N–H and O–H groups in total. The summed E-state index contributed by atoms with van der Waals surface area (Å²) in [6.45, 7) is 11.9. The highest BCUT2D eigenvalue weighted by molar-refractivity contribution is 6.19. The first kappa shape index (κ1) is 13.8. The number of rotatable bonds is 4. The second-order valence-electron chi connectivity index (χ2n) is 4.92. The molecule has 0 saturated carbocycles. The topological polar surface area (TPSA) is 20.3 Å². The van der Waals surface area contributed by atoms with Crippen molar-refractivity contribution in [2.75, 3.05) is 5.88 Å². The number of alkyl halides is 1. The normalized spacial score (nSPS) is 12.4. The molecule has 2 nitrogen and oxygen atoms in total. The van der Waals surface area contributed by atoms with Crippen LogP contribution in [0.4, 0.5) is 0 Å². The highest BCUT2D eigenvalue weighted by Gasteiger charge is 2.33. The van der Waals surface area contributed by atoms with E-state index >= 15 is 0 Å². The van der Waals surface area contributed by atoms with Crippen molar-refractivity contribution in [3.05, 3.63) is 0 Å². The lowest BCUT2D eigenvalue weighted by Crippen LogP contribution is -2.49. The summed E-state index contributed by atoms with van der Waals surface area (Å²) in [5.74, 6) is 0.499. The fourth-order valence-electron chi connectivity index (χ4n) is 1.47. The van der Waals surface area contributed by atoms with Crippen LogP contribution < -0.4 is 0 Å². The average Bonchev–Trinajstić information content (AvgIpc) is 2.02. The molecule has 1 amide bonds. The number of carbonyl (C=O) groups is 1. The van der Waals surface area contributed by atoms with Gasteiger partial charge in [-0.25, -0.2) is 0 Å². The Morgan fingerprint density at radius 1 is 1.21 bits per heavy atom. The molecule has 0 bridgehead atoms. The minimum atomic E-state index is -0.462. The number of nitrogens with zero attached hydrogens (tertiary/aromatic N) is 1. The van der Waals surface area contributed by atoms with Crippen LogP contribution in [0.5, 0.6) is 0 Å².